The smallest absolute Gasteiger partial charge is 0.235 e. The summed E-state index contributed by atoms with van der Waals surface area (Å²) in [7, 11) is 0. The van der Waals surface area contributed by atoms with E-state index in [1.54, 1.807) is 0 Å². The van der Waals surface area contributed by atoms with Gasteiger partial charge in [-0.05, 0) is 23.6 Å². The Hall–Kier alpha value is -4.74. The molecule has 0 spiro atoms. The molecule has 5 aromatic carbocycles. The Morgan fingerprint density at radius 2 is 1.49 bits per heavy atom. The molecule has 0 aliphatic carbocycles. The molecule has 0 saturated heterocycles. The zero-order valence-electron chi connectivity index (χ0n) is 19.5. The minimum atomic E-state index is 0.648. The summed E-state index contributed by atoms with van der Waals surface area (Å²) in [6, 6.07) is 34.1. The molecule has 0 fully saturated rings. The van der Waals surface area contributed by atoms with E-state index in [9.17, 15) is 0 Å². The molecule has 0 N–H and O–H groups in total. The van der Waals surface area contributed by atoms with Gasteiger partial charge in [0.1, 0.15) is 11.4 Å². The molecule has 4 heterocycles. The van der Waals surface area contributed by atoms with Gasteiger partial charge in [-0.2, -0.15) is 0 Å². The maximum absolute atomic E-state index is 6.27. The van der Waals surface area contributed by atoms with Gasteiger partial charge in [0.15, 0.2) is 5.75 Å². The van der Waals surface area contributed by atoms with Gasteiger partial charge in [-0.3, -0.25) is 4.57 Å². The van der Waals surface area contributed by atoms with Gasteiger partial charge in [0, 0.05) is 37.2 Å². The van der Waals surface area contributed by atoms with E-state index in [0.29, 0.717) is 11.7 Å². The third-order valence-electron chi connectivity index (χ3n) is 7.46. The monoisotopic (exact) mass is 491 g/mol. The Bertz CT molecular complexity index is 2240. The number of ether oxygens (including phenoxy) is 1. The number of benzene rings is 5. The molecular weight excluding hydrogens is 474 g/mol. The Morgan fingerprint density at radius 3 is 2.43 bits per heavy atom. The summed E-state index contributed by atoms with van der Waals surface area (Å²) in [5.74, 6) is 2.18. The summed E-state index contributed by atoms with van der Waals surface area (Å²) in [6.07, 6.45) is 1.82. The number of nitrogens with zero attached hydrogens (tertiary/aromatic N) is 3. The van der Waals surface area contributed by atoms with Crippen molar-refractivity contribution in [1.29, 1.82) is 0 Å². The van der Waals surface area contributed by atoms with Gasteiger partial charge in [-0.1, -0.05) is 78.9 Å². The highest BCUT2D eigenvalue weighted by Crippen LogP contribution is 2.46. The summed E-state index contributed by atoms with van der Waals surface area (Å²) in [5.41, 5.74) is 4.14. The predicted molar refractivity (Wildman–Crippen MR) is 152 cm³/mol. The van der Waals surface area contributed by atoms with Crippen LogP contribution in [0.3, 0.4) is 0 Å². The van der Waals surface area contributed by atoms with Crippen molar-refractivity contribution < 1.29 is 4.74 Å². The van der Waals surface area contributed by atoms with Crippen LogP contribution >= 0.6 is 11.3 Å². The lowest BCUT2D eigenvalue weighted by Gasteiger charge is -2.20. The van der Waals surface area contributed by atoms with Crippen LogP contribution in [-0.4, -0.2) is 14.5 Å². The molecule has 172 valence electrons. The fraction of sp³-hybridized carbons (Fsp3) is 0. The lowest BCUT2D eigenvalue weighted by Crippen LogP contribution is -2.06. The first-order valence-corrected chi connectivity index (χ1v) is 13.1. The largest absolute Gasteiger partial charge is 0.453 e. The molecule has 9 rings (SSSR count). The average molecular weight is 492 g/mol. The second-order valence-corrected chi connectivity index (χ2v) is 10.5. The van der Waals surface area contributed by atoms with Crippen molar-refractivity contribution in [3.63, 3.8) is 0 Å². The van der Waals surface area contributed by atoms with Gasteiger partial charge in [-0.25, -0.2) is 9.97 Å². The van der Waals surface area contributed by atoms with Crippen LogP contribution < -0.4 is 4.74 Å². The minimum absolute atomic E-state index is 0.648. The number of para-hydroxylation sites is 1. The Morgan fingerprint density at radius 1 is 0.676 bits per heavy atom. The minimum Gasteiger partial charge on any atom is -0.453 e. The first kappa shape index (κ1) is 19.4. The van der Waals surface area contributed by atoms with Gasteiger partial charge in [0.2, 0.25) is 5.95 Å². The first-order chi connectivity index (χ1) is 18.3. The number of hydrogen-bond donors (Lipinski definition) is 0. The fourth-order valence-corrected chi connectivity index (χ4v) is 7.12. The van der Waals surface area contributed by atoms with E-state index in [1.165, 1.54) is 30.9 Å². The van der Waals surface area contributed by atoms with E-state index in [4.69, 9.17) is 14.7 Å². The van der Waals surface area contributed by atoms with Gasteiger partial charge in [-0.15, -0.1) is 11.3 Å². The maximum atomic E-state index is 6.27. The highest BCUT2D eigenvalue weighted by atomic mass is 32.1. The summed E-state index contributed by atoms with van der Waals surface area (Å²) in [5, 5.41) is 7.18. The van der Waals surface area contributed by atoms with Gasteiger partial charge < -0.3 is 4.74 Å². The van der Waals surface area contributed by atoms with Crippen LogP contribution in [0, 0.1) is 0 Å². The van der Waals surface area contributed by atoms with Crippen molar-refractivity contribution in [2.45, 2.75) is 0 Å². The van der Waals surface area contributed by atoms with Crippen molar-refractivity contribution in [3.05, 3.63) is 103 Å². The summed E-state index contributed by atoms with van der Waals surface area (Å²) in [4.78, 5) is 10.0. The molecular formula is C32H17N3OS. The zero-order chi connectivity index (χ0) is 24.1. The van der Waals surface area contributed by atoms with E-state index in [1.807, 2.05) is 29.7 Å². The van der Waals surface area contributed by atoms with Crippen LogP contribution in [0.2, 0.25) is 0 Å². The Balaban J connectivity index is 1.41. The zero-order valence-corrected chi connectivity index (χ0v) is 20.3. The molecule has 5 heteroatoms. The highest BCUT2D eigenvalue weighted by molar-refractivity contribution is 7.26. The SMILES string of the molecule is c1cc2c3c(cccc3c1)-c1nc(-n3c4ccccc4c4ccc5c6ccccc6sc5c43)ncc1O2. The summed E-state index contributed by atoms with van der Waals surface area (Å²) in [6.45, 7) is 0. The van der Waals surface area contributed by atoms with E-state index >= 15 is 0 Å². The molecule has 0 amide bonds. The molecule has 37 heavy (non-hydrogen) atoms. The van der Waals surface area contributed by atoms with E-state index < -0.39 is 0 Å². The molecule has 0 atom stereocenters. The van der Waals surface area contributed by atoms with Crippen molar-refractivity contribution in [1.82, 2.24) is 14.5 Å². The standard InChI is InChI=1S/C32H17N3OS/c1-3-12-24-19(9-1)21-15-16-22-20-10-2-4-14-27(20)37-31(22)30(21)35(24)32-33-17-26-29(34-32)23-11-5-7-18-8-6-13-25(36-26)28(18)23/h1-17H. The lowest BCUT2D eigenvalue weighted by atomic mass is 9.99. The normalized spacial score (nSPS) is 12.5. The molecule has 0 unspecified atom stereocenters. The second kappa shape index (κ2) is 6.93. The third kappa shape index (κ3) is 2.51. The maximum Gasteiger partial charge on any atom is 0.235 e. The molecule has 8 aromatic rings. The van der Waals surface area contributed by atoms with Crippen LogP contribution in [-0.2, 0) is 0 Å². The molecule has 3 aromatic heterocycles. The number of aromatic nitrogens is 3. The molecule has 0 radical (unpaired) electrons. The molecule has 4 nitrogen and oxygen atoms in total. The Kier molecular flexibility index (Phi) is 3.64. The predicted octanol–water partition coefficient (Wildman–Crippen LogP) is 8.87. The van der Waals surface area contributed by atoms with Crippen molar-refractivity contribution in [3.8, 4) is 28.7 Å². The highest BCUT2D eigenvalue weighted by Gasteiger charge is 2.24. The van der Waals surface area contributed by atoms with Gasteiger partial charge >= 0.3 is 0 Å². The molecule has 0 bridgehead atoms. The lowest BCUT2D eigenvalue weighted by molar-refractivity contribution is 0.481. The number of hydrogen-bond acceptors (Lipinski definition) is 4. The van der Waals surface area contributed by atoms with Gasteiger partial charge in [0.25, 0.3) is 0 Å². The van der Waals surface area contributed by atoms with E-state index in [0.717, 1.165) is 38.8 Å². The number of fused-ring (bicyclic) bond motifs is 9. The van der Waals surface area contributed by atoms with Gasteiger partial charge in [0.05, 0.1) is 21.9 Å². The van der Waals surface area contributed by atoms with Crippen LogP contribution in [0.4, 0.5) is 0 Å². The topological polar surface area (TPSA) is 39.9 Å². The summed E-state index contributed by atoms with van der Waals surface area (Å²) < 4.78 is 11.0. The fourth-order valence-electron chi connectivity index (χ4n) is 5.88. The third-order valence-corrected chi connectivity index (χ3v) is 8.66. The Labute approximate surface area is 215 Å². The number of thiophene rings is 1. The van der Waals surface area contributed by atoms with Crippen LogP contribution in [0.5, 0.6) is 11.5 Å². The van der Waals surface area contributed by atoms with Crippen LogP contribution in [0.1, 0.15) is 0 Å². The van der Waals surface area contributed by atoms with Crippen molar-refractivity contribution in [2.24, 2.45) is 0 Å². The van der Waals surface area contributed by atoms with E-state index in [-0.39, 0.29) is 0 Å². The van der Waals surface area contributed by atoms with E-state index in [2.05, 4.69) is 89.5 Å². The molecule has 1 aliphatic rings. The molecule has 1 aliphatic heterocycles. The van der Waals surface area contributed by atoms with Crippen molar-refractivity contribution >= 4 is 64.1 Å². The van der Waals surface area contributed by atoms with Crippen LogP contribution in [0.25, 0.3) is 70.0 Å². The van der Waals surface area contributed by atoms with Crippen LogP contribution in [0.15, 0.2) is 103 Å². The first-order valence-electron chi connectivity index (χ1n) is 12.3. The second-order valence-electron chi connectivity index (χ2n) is 9.43. The number of rotatable bonds is 1. The molecule has 0 saturated carbocycles. The quantitative estimate of drug-likeness (QED) is 0.230. The van der Waals surface area contributed by atoms with Crippen molar-refractivity contribution in [2.75, 3.05) is 0 Å². The summed E-state index contributed by atoms with van der Waals surface area (Å²) >= 11 is 1.83. The average Bonchev–Trinajstić information content (AvgIpc) is 3.49.